The highest BCUT2D eigenvalue weighted by atomic mass is 32.2. The molecule has 4 rings (SSSR count). The highest BCUT2D eigenvalue weighted by molar-refractivity contribution is 7.99. The van der Waals surface area contributed by atoms with Gasteiger partial charge in [0.25, 0.3) is 0 Å². The van der Waals surface area contributed by atoms with Crippen LogP contribution in [0.2, 0.25) is 0 Å². The lowest BCUT2D eigenvalue weighted by Crippen LogP contribution is -2.67. The zero-order chi connectivity index (χ0) is 18.6. The molecule has 2 N–H and O–H groups in total. The Kier molecular flexibility index (Phi) is 6.25. The number of hydrogen-bond acceptors (Lipinski definition) is 5. The molecule has 3 fully saturated rings. The summed E-state index contributed by atoms with van der Waals surface area (Å²) in [7, 11) is 0. The summed E-state index contributed by atoms with van der Waals surface area (Å²) in [5.74, 6) is 2.39. The van der Waals surface area contributed by atoms with Crippen LogP contribution < -0.4 is 15.4 Å². The first-order valence-electron chi connectivity index (χ1n) is 10.2. The van der Waals surface area contributed by atoms with E-state index < -0.39 is 0 Å². The van der Waals surface area contributed by atoms with Crippen LogP contribution in [0.3, 0.4) is 0 Å². The Labute approximate surface area is 165 Å². The molecule has 1 amide bonds. The molecule has 0 spiro atoms. The molecule has 5 atom stereocenters. The average Bonchev–Trinajstić information content (AvgIpc) is 2.70. The molecule has 2 heterocycles. The fourth-order valence-electron chi connectivity index (χ4n) is 4.50. The van der Waals surface area contributed by atoms with Gasteiger partial charge in [-0.25, -0.2) is 0 Å². The fourth-order valence-corrected chi connectivity index (χ4v) is 5.67. The minimum Gasteiger partial charge on any atom is -0.490 e. The summed E-state index contributed by atoms with van der Waals surface area (Å²) in [5.41, 5.74) is 0. The predicted molar refractivity (Wildman–Crippen MR) is 108 cm³/mol. The van der Waals surface area contributed by atoms with Crippen molar-refractivity contribution in [3.05, 3.63) is 30.3 Å². The lowest BCUT2D eigenvalue weighted by molar-refractivity contribution is -0.133. The summed E-state index contributed by atoms with van der Waals surface area (Å²) in [6.45, 7) is 3.95. The zero-order valence-corrected chi connectivity index (χ0v) is 16.8. The second-order valence-electron chi connectivity index (χ2n) is 7.91. The van der Waals surface area contributed by atoms with Crippen LogP contribution in [-0.4, -0.2) is 48.4 Å². The lowest BCUT2D eigenvalue weighted by Gasteiger charge is -2.46. The van der Waals surface area contributed by atoms with Gasteiger partial charge in [0.2, 0.25) is 5.91 Å². The predicted octanol–water partition coefficient (Wildman–Crippen LogP) is 2.81. The number of fused-ring (bicyclic) bond motifs is 1. The smallest absolute Gasteiger partial charge is 0.225 e. The van der Waals surface area contributed by atoms with E-state index >= 15 is 0 Å². The minimum absolute atomic E-state index is 0.0459. The van der Waals surface area contributed by atoms with Crippen molar-refractivity contribution < 1.29 is 14.3 Å². The normalized spacial score (nSPS) is 34.6. The number of ether oxygens (including phenoxy) is 2. The largest absolute Gasteiger partial charge is 0.490 e. The Bertz CT molecular complexity index is 623. The third-order valence-corrected chi connectivity index (χ3v) is 7.56. The lowest BCUT2D eigenvalue weighted by atomic mass is 9.74. The van der Waals surface area contributed by atoms with E-state index in [2.05, 4.69) is 17.6 Å². The van der Waals surface area contributed by atoms with E-state index in [1.165, 1.54) is 0 Å². The maximum Gasteiger partial charge on any atom is 0.225 e. The first-order valence-corrected chi connectivity index (χ1v) is 11.2. The standard InChI is InChI=1S/C21H30N2O3S/c1-14-18(26-15-5-3-2-4-6-15)8-7-17-20(14)22-19(23-21(17)24)13-27-16-9-11-25-12-10-16/h2-6,14,16-20,22H,7-13H2,1H3,(H,23,24). The Balaban J connectivity index is 1.35. The molecule has 0 bridgehead atoms. The monoisotopic (exact) mass is 390 g/mol. The highest BCUT2D eigenvalue weighted by Crippen LogP contribution is 2.35. The van der Waals surface area contributed by atoms with Gasteiger partial charge < -0.3 is 14.8 Å². The molecular formula is C21H30N2O3S. The maximum absolute atomic E-state index is 12.7. The molecule has 5 nitrogen and oxygen atoms in total. The van der Waals surface area contributed by atoms with E-state index in [0.717, 1.165) is 50.4 Å². The SMILES string of the molecule is CC1C(Oc2ccccc2)CCC2C(=O)NC(CSC3CCOCC3)NC21. The second-order valence-corrected chi connectivity index (χ2v) is 9.24. The number of nitrogens with one attached hydrogen (secondary N) is 2. The van der Waals surface area contributed by atoms with Crippen LogP contribution in [-0.2, 0) is 9.53 Å². The van der Waals surface area contributed by atoms with Crippen LogP contribution in [0.25, 0.3) is 0 Å². The number of thioether (sulfide) groups is 1. The van der Waals surface area contributed by atoms with Crippen molar-refractivity contribution >= 4 is 17.7 Å². The summed E-state index contributed by atoms with van der Waals surface area (Å²) in [4.78, 5) is 12.7. The summed E-state index contributed by atoms with van der Waals surface area (Å²) in [6.07, 6.45) is 4.22. The molecule has 27 heavy (non-hydrogen) atoms. The number of hydrogen-bond donors (Lipinski definition) is 2. The van der Waals surface area contributed by atoms with Crippen LogP contribution in [0.15, 0.2) is 30.3 Å². The molecule has 2 aliphatic heterocycles. The van der Waals surface area contributed by atoms with Gasteiger partial charge >= 0.3 is 0 Å². The summed E-state index contributed by atoms with van der Waals surface area (Å²) >= 11 is 1.96. The van der Waals surface area contributed by atoms with Crippen molar-refractivity contribution in [2.75, 3.05) is 19.0 Å². The molecule has 1 aromatic carbocycles. The third kappa shape index (κ3) is 4.61. The van der Waals surface area contributed by atoms with Crippen molar-refractivity contribution in [1.82, 2.24) is 10.6 Å². The van der Waals surface area contributed by atoms with E-state index in [-0.39, 0.29) is 30.1 Å². The van der Waals surface area contributed by atoms with Gasteiger partial charge in [0.05, 0.1) is 12.1 Å². The zero-order valence-electron chi connectivity index (χ0n) is 15.9. The van der Waals surface area contributed by atoms with E-state index in [4.69, 9.17) is 9.47 Å². The van der Waals surface area contributed by atoms with Crippen molar-refractivity contribution in [2.45, 2.75) is 56.2 Å². The minimum atomic E-state index is 0.0459. The van der Waals surface area contributed by atoms with Gasteiger partial charge in [-0.1, -0.05) is 25.1 Å². The first kappa shape index (κ1) is 19.1. The van der Waals surface area contributed by atoms with Gasteiger partial charge in [-0.2, -0.15) is 11.8 Å². The topological polar surface area (TPSA) is 59.6 Å². The van der Waals surface area contributed by atoms with Crippen LogP contribution >= 0.6 is 11.8 Å². The van der Waals surface area contributed by atoms with Crippen molar-refractivity contribution in [3.8, 4) is 5.75 Å². The quantitative estimate of drug-likeness (QED) is 0.810. The molecule has 1 saturated carbocycles. The molecule has 0 radical (unpaired) electrons. The van der Waals surface area contributed by atoms with Crippen molar-refractivity contribution in [1.29, 1.82) is 0 Å². The van der Waals surface area contributed by atoms with Crippen molar-refractivity contribution in [2.24, 2.45) is 11.8 Å². The molecule has 0 aromatic heterocycles. The molecular weight excluding hydrogens is 360 g/mol. The van der Waals surface area contributed by atoms with Gasteiger partial charge in [0.15, 0.2) is 0 Å². The first-order chi connectivity index (χ1) is 13.2. The molecule has 5 unspecified atom stereocenters. The third-order valence-electron chi connectivity index (χ3n) is 6.09. The summed E-state index contributed by atoms with van der Waals surface area (Å²) < 4.78 is 11.7. The van der Waals surface area contributed by atoms with E-state index in [1.54, 1.807) is 0 Å². The van der Waals surface area contributed by atoms with Crippen molar-refractivity contribution in [3.63, 3.8) is 0 Å². The number of carbonyl (C=O) groups excluding carboxylic acids is 1. The Morgan fingerprint density at radius 1 is 1.15 bits per heavy atom. The van der Waals surface area contributed by atoms with Crippen LogP contribution in [0.4, 0.5) is 0 Å². The summed E-state index contributed by atoms with van der Waals surface area (Å²) in [6, 6.07) is 10.2. The molecule has 6 heteroatoms. The van der Waals surface area contributed by atoms with E-state index in [0.29, 0.717) is 11.2 Å². The average molecular weight is 391 g/mol. The van der Waals surface area contributed by atoms with Crippen LogP contribution in [0.5, 0.6) is 5.75 Å². The maximum atomic E-state index is 12.7. The Hall–Kier alpha value is -1.24. The number of amides is 1. The molecule has 148 valence electrons. The second kappa shape index (κ2) is 8.84. The molecule has 1 aliphatic carbocycles. The molecule has 3 aliphatic rings. The van der Waals surface area contributed by atoms with Gasteiger partial charge in [-0.15, -0.1) is 0 Å². The number of rotatable bonds is 5. The van der Waals surface area contributed by atoms with Gasteiger partial charge in [0, 0.05) is 36.2 Å². The van der Waals surface area contributed by atoms with E-state index in [1.807, 2.05) is 42.1 Å². The van der Waals surface area contributed by atoms with Gasteiger partial charge in [-0.05, 0) is 37.8 Å². The Morgan fingerprint density at radius 3 is 2.70 bits per heavy atom. The fraction of sp³-hybridized carbons (Fsp3) is 0.667. The highest BCUT2D eigenvalue weighted by Gasteiger charge is 2.45. The number of para-hydroxylation sites is 1. The Morgan fingerprint density at radius 2 is 1.93 bits per heavy atom. The van der Waals surface area contributed by atoms with Gasteiger partial charge in [-0.3, -0.25) is 10.1 Å². The summed E-state index contributed by atoms with van der Waals surface area (Å²) in [5, 5.41) is 7.57. The van der Waals surface area contributed by atoms with E-state index in [9.17, 15) is 4.79 Å². The molecule has 1 aromatic rings. The molecule has 2 saturated heterocycles. The number of carbonyl (C=O) groups is 1. The van der Waals surface area contributed by atoms with Crippen LogP contribution in [0, 0.1) is 11.8 Å². The van der Waals surface area contributed by atoms with Gasteiger partial charge in [0.1, 0.15) is 11.9 Å². The van der Waals surface area contributed by atoms with Crippen LogP contribution in [0.1, 0.15) is 32.6 Å². The number of benzene rings is 1.